The highest BCUT2D eigenvalue weighted by atomic mass is 35.5. The van der Waals surface area contributed by atoms with Crippen LogP contribution in [0.25, 0.3) is 0 Å². The van der Waals surface area contributed by atoms with Crippen molar-refractivity contribution in [2.45, 2.75) is 44.6 Å². The van der Waals surface area contributed by atoms with Gasteiger partial charge >= 0.3 is 0 Å². The summed E-state index contributed by atoms with van der Waals surface area (Å²) < 4.78 is 20.1. The SMILES string of the molecule is CC1(C)C(=O)N(C2COC2)c2cc(NC(=O)c3ccncc3Cl)ccc21.CN1C(=O)C(C)(C)c2ccc(NC(=O)c3ccncc3Cl)c(F)c21. The summed E-state index contributed by atoms with van der Waals surface area (Å²) in [7, 11) is 1.52. The summed E-state index contributed by atoms with van der Waals surface area (Å²) in [6, 6.07) is 11.7. The first-order valence-electron chi connectivity index (χ1n) is 15.6. The van der Waals surface area contributed by atoms with E-state index in [0.717, 1.165) is 11.3 Å². The van der Waals surface area contributed by atoms with Gasteiger partial charge in [-0.25, -0.2) is 4.39 Å². The molecule has 1 saturated heterocycles. The smallest absolute Gasteiger partial charge is 0.257 e. The normalized spacial score (nSPS) is 17.0. The summed E-state index contributed by atoms with van der Waals surface area (Å²) in [4.78, 5) is 60.7. The van der Waals surface area contributed by atoms with Crippen LogP contribution in [-0.2, 0) is 25.2 Å². The van der Waals surface area contributed by atoms with E-state index in [1.54, 1.807) is 30.9 Å². The Morgan fingerprint density at radius 2 is 1.40 bits per heavy atom. The Labute approximate surface area is 297 Å². The van der Waals surface area contributed by atoms with Crippen LogP contribution < -0.4 is 20.4 Å². The van der Waals surface area contributed by atoms with Gasteiger partial charge in [0.05, 0.1) is 68.3 Å². The highest BCUT2D eigenvalue weighted by Gasteiger charge is 2.48. The highest BCUT2D eigenvalue weighted by Crippen LogP contribution is 2.45. The Morgan fingerprint density at radius 1 is 0.840 bits per heavy atom. The average Bonchev–Trinajstić information content (AvgIpc) is 3.35. The maximum Gasteiger partial charge on any atom is 0.257 e. The number of anilines is 4. The fourth-order valence-electron chi connectivity index (χ4n) is 6.23. The van der Waals surface area contributed by atoms with E-state index in [2.05, 4.69) is 20.6 Å². The predicted octanol–water partition coefficient (Wildman–Crippen LogP) is 6.39. The third-order valence-corrected chi connectivity index (χ3v) is 9.78. The number of hydrogen-bond acceptors (Lipinski definition) is 7. The monoisotopic (exact) mass is 718 g/mol. The third kappa shape index (κ3) is 5.97. The summed E-state index contributed by atoms with van der Waals surface area (Å²) in [5, 5.41) is 5.80. The maximum absolute atomic E-state index is 14.9. The first kappa shape index (κ1) is 34.9. The molecule has 4 amide bonds. The Hall–Kier alpha value is -4.91. The molecule has 3 aliphatic heterocycles. The first-order chi connectivity index (χ1) is 23.6. The molecule has 2 N–H and O–H groups in total. The number of halogens is 3. The van der Waals surface area contributed by atoms with Gasteiger partial charge in [-0.2, -0.15) is 0 Å². The molecule has 2 aromatic heterocycles. The lowest BCUT2D eigenvalue weighted by Gasteiger charge is -2.35. The van der Waals surface area contributed by atoms with Gasteiger partial charge in [-0.15, -0.1) is 0 Å². The standard InChI is InChI=1S/C19H18ClN3O3.C17H15ClFN3O2/c1-19(2)14-4-3-11(22-17(24)13-5-6-21-8-15(13)20)7-16(14)23(18(19)25)12-9-26-10-12;1-17(2)10-4-5-12(13(19)14(10)22(3)16(17)24)21-15(23)9-6-7-20-8-11(9)18/h3-8,12H,9-10H2,1-2H3,(H,22,24);4-8H,1-3H3,(H,21,23). The second-order valence-electron chi connectivity index (χ2n) is 13.2. The number of hydrogen-bond donors (Lipinski definition) is 2. The molecule has 50 heavy (non-hydrogen) atoms. The number of nitrogens with one attached hydrogen (secondary N) is 2. The summed E-state index contributed by atoms with van der Waals surface area (Å²) in [5.74, 6) is -1.65. The fraction of sp³-hybridized carbons (Fsp3) is 0.278. The van der Waals surface area contributed by atoms with Crippen LogP contribution in [0.15, 0.2) is 67.3 Å². The number of fused-ring (bicyclic) bond motifs is 2. The van der Waals surface area contributed by atoms with Crippen molar-refractivity contribution in [3.8, 4) is 0 Å². The molecular formula is C36H33Cl2FN6O5. The summed E-state index contributed by atoms with van der Waals surface area (Å²) in [6.07, 6.45) is 5.71. The number of benzene rings is 2. The van der Waals surface area contributed by atoms with Gasteiger partial charge in [-0.1, -0.05) is 35.3 Å². The number of pyridine rings is 2. The van der Waals surface area contributed by atoms with Gasteiger partial charge in [0.15, 0.2) is 5.82 Å². The van der Waals surface area contributed by atoms with E-state index in [0.29, 0.717) is 30.0 Å². The quantitative estimate of drug-likeness (QED) is 0.244. The first-order valence-corrected chi connectivity index (χ1v) is 16.4. The molecule has 0 unspecified atom stereocenters. The van der Waals surface area contributed by atoms with Gasteiger partial charge in [0.2, 0.25) is 11.8 Å². The number of likely N-dealkylation sites (N-methyl/N-ethyl adjacent to an activating group) is 1. The van der Waals surface area contributed by atoms with Crippen molar-refractivity contribution < 1.29 is 28.3 Å². The molecule has 0 atom stereocenters. The van der Waals surface area contributed by atoms with Crippen LogP contribution in [0.2, 0.25) is 10.0 Å². The molecule has 0 spiro atoms. The van der Waals surface area contributed by atoms with E-state index >= 15 is 0 Å². The number of ether oxygens (including phenoxy) is 1. The van der Waals surface area contributed by atoms with Crippen molar-refractivity contribution in [3.05, 3.63) is 105 Å². The Kier molecular flexibility index (Phi) is 9.14. The third-order valence-electron chi connectivity index (χ3n) is 9.17. The lowest BCUT2D eigenvalue weighted by molar-refractivity contribution is -0.124. The molecule has 14 heteroatoms. The van der Waals surface area contributed by atoms with Crippen LogP contribution in [0, 0.1) is 5.82 Å². The number of carbonyl (C=O) groups is 4. The van der Waals surface area contributed by atoms with Gasteiger partial charge in [-0.3, -0.25) is 29.1 Å². The number of rotatable bonds is 5. The molecule has 0 bridgehead atoms. The van der Waals surface area contributed by atoms with E-state index in [1.807, 2.05) is 32.0 Å². The van der Waals surface area contributed by atoms with Gasteiger partial charge in [0.1, 0.15) is 0 Å². The largest absolute Gasteiger partial charge is 0.377 e. The van der Waals surface area contributed by atoms with E-state index < -0.39 is 22.6 Å². The van der Waals surface area contributed by atoms with Crippen molar-refractivity contribution in [2.24, 2.45) is 0 Å². The maximum atomic E-state index is 14.9. The molecule has 0 saturated carbocycles. The van der Waals surface area contributed by atoms with E-state index in [4.69, 9.17) is 27.9 Å². The second-order valence-corrected chi connectivity index (χ2v) is 14.0. The van der Waals surface area contributed by atoms with Crippen LogP contribution in [0.1, 0.15) is 59.5 Å². The minimum atomic E-state index is -0.804. The minimum absolute atomic E-state index is 0.0102. The number of aromatic nitrogens is 2. The molecule has 0 radical (unpaired) electrons. The molecule has 3 aliphatic rings. The van der Waals surface area contributed by atoms with Crippen LogP contribution in [-0.4, -0.2) is 59.9 Å². The van der Waals surface area contributed by atoms with Gasteiger partial charge < -0.3 is 25.2 Å². The molecule has 4 aromatic rings. The van der Waals surface area contributed by atoms with Gasteiger partial charge in [-0.05, 0) is 69.2 Å². The lowest BCUT2D eigenvalue weighted by atomic mass is 9.86. The average molecular weight is 720 g/mol. The van der Waals surface area contributed by atoms with Crippen LogP contribution in [0.4, 0.5) is 27.1 Å². The summed E-state index contributed by atoms with van der Waals surface area (Å²) in [6.45, 7) is 8.39. The van der Waals surface area contributed by atoms with E-state index in [-0.39, 0.29) is 50.7 Å². The van der Waals surface area contributed by atoms with E-state index in [1.165, 1.54) is 48.9 Å². The number of amides is 4. The predicted molar refractivity (Wildman–Crippen MR) is 189 cm³/mol. The topological polar surface area (TPSA) is 134 Å². The molecule has 0 aliphatic carbocycles. The lowest BCUT2D eigenvalue weighted by Crippen LogP contribution is -2.52. The molecular weight excluding hydrogens is 686 g/mol. The second kappa shape index (κ2) is 13.1. The Bertz CT molecular complexity index is 2070. The van der Waals surface area contributed by atoms with Gasteiger partial charge in [0, 0.05) is 37.5 Å². The van der Waals surface area contributed by atoms with Crippen LogP contribution in [0.5, 0.6) is 0 Å². The molecule has 1 fully saturated rings. The summed E-state index contributed by atoms with van der Waals surface area (Å²) in [5.41, 5.74) is 2.29. The van der Waals surface area contributed by atoms with Crippen LogP contribution >= 0.6 is 23.2 Å². The fourth-order valence-corrected chi connectivity index (χ4v) is 6.64. The van der Waals surface area contributed by atoms with Crippen molar-refractivity contribution in [3.63, 3.8) is 0 Å². The minimum Gasteiger partial charge on any atom is -0.377 e. The summed E-state index contributed by atoms with van der Waals surface area (Å²) >= 11 is 12.0. The van der Waals surface area contributed by atoms with Gasteiger partial charge in [0.25, 0.3) is 11.8 Å². The Balaban J connectivity index is 0.000000174. The zero-order valence-electron chi connectivity index (χ0n) is 27.8. The van der Waals surface area contributed by atoms with E-state index in [9.17, 15) is 23.6 Å². The number of nitrogens with zero attached hydrogens (tertiary/aromatic N) is 4. The van der Waals surface area contributed by atoms with Crippen molar-refractivity contribution >= 4 is 69.6 Å². The Morgan fingerprint density at radius 3 is 1.96 bits per heavy atom. The zero-order chi connectivity index (χ0) is 36.1. The molecule has 2 aromatic carbocycles. The zero-order valence-corrected chi connectivity index (χ0v) is 29.3. The molecule has 7 rings (SSSR count). The number of carbonyl (C=O) groups excluding carboxylic acids is 4. The molecule has 5 heterocycles. The van der Waals surface area contributed by atoms with Crippen LogP contribution in [0.3, 0.4) is 0 Å². The van der Waals surface area contributed by atoms with Crippen molar-refractivity contribution in [2.75, 3.05) is 40.7 Å². The van der Waals surface area contributed by atoms with Crippen molar-refractivity contribution in [1.82, 2.24) is 9.97 Å². The molecule has 11 nitrogen and oxygen atoms in total. The highest BCUT2D eigenvalue weighted by molar-refractivity contribution is 6.34. The van der Waals surface area contributed by atoms with Crippen molar-refractivity contribution in [1.29, 1.82) is 0 Å². The molecule has 258 valence electrons.